The van der Waals surface area contributed by atoms with Crippen LogP contribution in [0.25, 0.3) is 23.1 Å². The van der Waals surface area contributed by atoms with Crippen molar-refractivity contribution in [1.29, 1.82) is 0 Å². The summed E-state index contributed by atoms with van der Waals surface area (Å²) in [5, 5.41) is 9.77. The third-order valence-electron chi connectivity index (χ3n) is 2.49. The zero-order valence-corrected chi connectivity index (χ0v) is 9.72. The minimum absolute atomic E-state index is 0.0255. The van der Waals surface area contributed by atoms with Gasteiger partial charge in [-0.3, -0.25) is 5.10 Å². The van der Waals surface area contributed by atoms with Gasteiger partial charge in [-0.2, -0.15) is 23.3 Å². The number of hydrogen-bond donors (Lipinski definition) is 1. The predicted octanol–water partition coefficient (Wildman–Crippen LogP) is 2.54. The average molecular weight is 281 g/mol. The molecule has 6 nitrogen and oxygen atoms in total. The summed E-state index contributed by atoms with van der Waals surface area (Å²) in [7, 11) is 0. The van der Waals surface area contributed by atoms with Gasteiger partial charge in [-0.15, -0.1) is 0 Å². The lowest BCUT2D eigenvalue weighted by Crippen LogP contribution is -2.04. The van der Waals surface area contributed by atoms with Crippen molar-refractivity contribution in [3.63, 3.8) is 0 Å². The molecule has 0 aliphatic rings. The van der Waals surface area contributed by atoms with Crippen molar-refractivity contribution >= 4 is 0 Å². The molecule has 0 saturated carbocycles. The fourth-order valence-corrected chi connectivity index (χ4v) is 1.58. The maximum absolute atomic E-state index is 12.6. The van der Waals surface area contributed by atoms with Crippen LogP contribution in [0.1, 0.15) is 5.56 Å². The van der Waals surface area contributed by atoms with Gasteiger partial charge >= 0.3 is 6.18 Å². The number of aromatic amines is 1. The van der Waals surface area contributed by atoms with Crippen LogP contribution in [0.4, 0.5) is 13.2 Å². The molecule has 0 saturated heterocycles. The van der Waals surface area contributed by atoms with E-state index in [1.54, 1.807) is 0 Å². The summed E-state index contributed by atoms with van der Waals surface area (Å²) in [5.41, 5.74) is -0.604. The predicted molar refractivity (Wildman–Crippen MR) is 60.1 cm³/mol. The number of benzene rings is 1. The molecule has 0 bridgehead atoms. The lowest BCUT2D eigenvalue weighted by atomic mass is 10.1. The second kappa shape index (κ2) is 4.44. The summed E-state index contributed by atoms with van der Waals surface area (Å²) < 4.78 is 42.8. The van der Waals surface area contributed by atoms with Crippen molar-refractivity contribution in [3.8, 4) is 23.1 Å². The molecule has 0 spiro atoms. The molecule has 0 radical (unpaired) electrons. The summed E-state index contributed by atoms with van der Waals surface area (Å²) >= 11 is 0. The lowest BCUT2D eigenvalue weighted by molar-refractivity contribution is -0.137. The van der Waals surface area contributed by atoms with E-state index in [-0.39, 0.29) is 23.1 Å². The number of hydrogen-bond acceptors (Lipinski definition) is 5. The van der Waals surface area contributed by atoms with Crippen LogP contribution in [0.3, 0.4) is 0 Å². The molecule has 0 aliphatic carbocycles. The van der Waals surface area contributed by atoms with Crippen LogP contribution in [0.15, 0.2) is 35.1 Å². The van der Waals surface area contributed by atoms with Crippen molar-refractivity contribution in [2.75, 3.05) is 0 Å². The van der Waals surface area contributed by atoms with Gasteiger partial charge in [0.25, 0.3) is 5.89 Å². The first-order valence-electron chi connectivity index (χ1n) is 5.41. The molecule has 20 heavy (non-hydrogen) atoms. The van der Waals surface area contributed by atoms with Gasteiger partial charge in [-0.1, -0.05) is 11.2 Å². The number of alkyl halides is 3. The van der Waals surface area contributed by atoms with Crippen molar-refractivity contribution < 1.29 is 17.7 Å². The number of nitrogens with one attached hydrogen (secondary N) is 1. The van der Waals surface area contributed by atoms with Crippen molar-refractivity contribution in [2.24, 2.45) is 0 Å². The first-order valence-corrected chi connectivity index (χ1v) is 5.41. The minimum Gasteiger partial charge on any atom is -0.334 e. The van der Waals surface area contributed by atoms with Crippen LogP contribution >= 0.6 is 0 Å². The van der Waals surface area contributed by atoms with E-state index in [2.05, 4.69) is 25.3 Å². The molecule has 1 N–H and O–H groups in total. The molecular weight excluding hydrogens is 275 g/mol. The summed E-state index contributed by atoms with van der Waals surface area (Å²) in [5.74, 6) is 0.365. The molecule has 0 amide bonds. The Bertz CT molecular complexity index is 720. The third kappa shape index (κ3) is 2.25. The molecule has 102 valence electrons. The highest BCUT2D eigenvalue weighted by molar-refractivity contribution is 5.57. The first kappa shape index (κ1) is 12.3. The monoisotopic (exact) mass is 281 g/mol. The SMILES string of the molecule is FC(F)(F)c1cccc(-c2nc(-c3ncn[nH]3)no2)c1. The van der Waals surface area contributed by atoms with Gasteiger partial charge in [0, 0.05) is 5.56 Å². The molecule has 0 aliphatic heterocycles. The quantitative estimate of drug-likeness (QED) is 0.780. The van der Waals surface area contributed by atoms with E-state index in [0.717, 1.165) is 12.1 Å². The van der Waals surface area contributed by atoms with Gasteiger partial charge in [0.15, 0.2) is 5.82 Å². The summed E-state index contributed by atoms with van der Waals surface area (Å²) in [4.78, 5) is 7.79. The standard InChI is InChI=1S/C11H6F3N5O/c12-11(13,14)7-3-1-2-6(4-7)10-17-9(19-20-10)8-15-5-16-18-8/h1-5H,(H,15,16,18). The fraction of sp³-hybridized carbons (Fsp3) is 0.0909. The van der Waals surface area contributed by atoms with Crippen LogP contribution in [0.2, 0.25) is 0 Å². The molecule has 3 rings (SSSR count). The molecule has 0 atom stereocenters. The smallest absolute Gasteiger partial charge is 0.334 e. The molecule has 0 unspecified atom stereocenters. The Balaban J connectivity index is 1.98. The van der Waals surface area contributed by atoms with Gasteiger partial charge in [0.1, 0.15) is 6.33 Å². The second-order valence-electron chi connectivity index (χ2n) is 3.84. The largest absolute Gasteiger partial charge is 0.416 e. The zero-order chi connectivity index (χ0) is 14.2. The van der Waals surface area contributed by atoms with Crippen LogP contribution in [-0.4, -0.2) is 25.3 Å². The first-order chi connectivity index (χ1) is 9.54. The van der Waals surface area contributed by atoms with Crippen molar-refractivity contribution in [1.82, 2.24) is 25.3 Å². The number of halogens is 3. The van der Waals surface area contributed by atoms with E-state index < -0.39 is 11.7 Å². The Labute approximate surface area is 109 Å². The average Bonchev–Trinajstić information content (AvgIpc) is 3.09. The summed E-state index contributed by atoms with van der Waals surface area (Å²) in [6.07, 6.45) is -3.17. The van der Waals surface area contributed by atoms with Crippen molar-refractivity contribution in [2.45, 2.75) is 6.18 Å². The summed E-state index contributed by atoms with van der Waals surface area (Å²) in [6.45, 7) is 0. The Morgan fingerprint density at radius 2 is 2.05 bits per heavy atom. The van der Waals surface area contributed by atoms with Gasteiger partial charge in [0.2, 0.25) is 5.82 Å². The van der Waals surface area contributed by atoms with Crippen LogP contribution in [0.5, 0.6) is 0 Å². The molecule has 0 fully saturated rings. The van der Waals surface area contributed by atoms with Crippen LogP contribution < -0.4 is 0 Å². The highest BCUT2D eigenvalue weighted by Gasteiger charge is 2.30. The van der Waals surface area contributed by atoms with E-state index in [1.165, 1.54) is 18.5 Å². The highest BCUT2D eigenvalue weighted by Crippen LogP contribution is 2.31. The van der Waals surface area contributed by atoms with Gasteiger partial charge in [-0.05, 0) is 18.2 Å². The number of H-pyrrole nitrogens is 1. The van der Waals surface area contributed by atoms with E-state index >= 15 is 0 Å². The molecular formula is C11H6F3N5O. The summed E-state index contributed by atoms with van der Waals surface area (Å²) in [6, 6.07) is 4.64. The van der Waals surface area contributed by atoms with Gasteiger partial charge in [-0.25, -0.2) is 4.98 Å². The van der Waals surface area contributed by atoms with E-state index in [9.17, 15) is 13.2 Å². The van der Waals surface area contributed by atoms with Gasteiger partial charge < -0.3 is 4.52 Å². The van der Waals surface area contributed by atoms with E-state index in [1.807, 2.05) is 0 Å². The number of nitrogens with zero attached hydrogens (tertiary/aromatic N) is 4. The van der Waals surface area contributed by atoms with Gasteiger partial charge in [0.05, 0.1) is 5.56 Å². The van der Waals surface area contributed by atoms with Crippen LogP contribution in [0, 0.1) is 0 Å². The molecule has 2 aromatic heterocycles. The fourth-order valence-electron chi connectivity index (χ4n) is 1.58. The van der Waals surface area contributed by atoms with Crippen LogP contribution in [-0.2, 0) is 6.18 Å². The lowest BCUT2D eigenvalue weighted by Gasteiger charge is -2.06. The number of rotatable bonds is 2. The topological polar surface area (TPSA) is 80.5 Å². The Hall–Kier alpha value is -2.71. The highest BCUT2D eigenvalue weighted by atomic mass is 19.4. The Morgan fingerprint density at radius 1 is 1.20 bits per heavy atom. The minimum atomic E-state index is -4.43. The molecule has 9 heteroatoms. The zero-order valence-electron chi connectivity index (χ0n) is 9.72. The molecule has 2 heterocycles. The van der Waals surface area contributed by atoms with E-state index in [4.69, 9.17) is 4.52 Å². The third-order valence-corrected chi connectivity index (χ3v) is 2.49. The second-order valence-corrected chi connectivity index (χ2v) is 3.84. The van der Waals surface area contributed by atoms with E-state index in [0.29, 0.717) is 0 Å². The maximum atomic E-state index is 12.6. The maximum Gasteiger partial charge on any atom is 0.416 e. The normalized spacial score (nSPS) is 11.8. The molecule has 3 aromatic rings. The molecule has 1 aromatic carbocycles. The Morgan fingerprint density at radius 3 is 2.75 bits per heavy atom. The van der Waals surface area contributed by atoms with Crippen molar-refractivity contribution in [3.05, 3.63) is 36.2 Å². The Kier molecular flexibility index (Phi) is 2.74. The number of aromatic nitrogens is 5.